The fraction of sp³-hybridized carbons (Fsp3) is 0.136. The number of amides is 1. The molecular weight excluding hydrogens is 407 g/mol. The van der Waals surface area contributed by atoms with Gasteiger partial charge in [-0.2, -0.15) is 0 Å². The number of rotatable bonds is 8. The van der Waals surface area contributed by atoms with Crippen LogP contribution in [-0.2, 0) is 10.0 Å². The van der Waals surface area contributed by atoms with E-state index in [1.807, 2.05) is 0 Å². The molecule has 1 amide bonds. The maximum absolute atomic E-state index is 13.1. The molecule has 1 N–H and O–H groups in total. The van der Waals surface area contributed by atoms with Crippen molar-refractivity contribution in [3.63, 3.8) is 0 Å². The van der Waals surface area contributed by atoms with Crippen molar-refractivity contribution in [1.29, 1.82) is 0 Å². The van der Waals surface area contributed by atoms with E-state index >= 15 is 0 Å². The molecule has 6 nitrogen and oxygen atoms in total. The summed E-state index contributed by atoms with van der Waals surface area (Å²) in [5.74, 6) is -0.385. The van der Waals surface area contributed by atoms with Gasteiger partial charge in [0.25, 0.3) is 15.9 Å². The van der Waals surface area contributed by atoms with Gasteiger partial charge in [-0.1, -0.05) is 24.3 Å². The van der Waals surface area contributed by atoms with Crippen LogP contribution in [0.15, 0.2) is 83.8 Å². The Balaban J connectivity index is 1.57. The Kier molecular flexibility index (Phi) is 6.68. The summed E-state index contributed by atoms with van der Waals surface area (Å²) in [5.41, 5.74) is 0.861. The van der Waals surface area contributed by atoms with Crippen molar-refractivity contribution in [2.24, 2.45) is 0 Å². The van der Waals surface area contributed by atoms with E-state index in [0.717, 1.165) is 0 Å². The second kappa shape index (κ2) is 9.41. The Morgan fingerprint density at radius 2 is 1.70 bits per heavy atom. The van der Waals surface area contributed by atoms with E-state index in [0.29, 0.717) is 17.0 Å². The zero-order valence-electron chi connectivity index (χ0n) is 16.3. The van der Waals surface area contributed by atoms with Crippen LogP contribution in [-0.4, -0.2) is 34.5 Å². The van der Waals surface area contributed by atoms with Gasteiger partial charge in [0.15, 0.2) is 0 Å². The number of hydrogen-bond donors (Lipinski definition) is 1. The normalized spacial score (nSPS) is 11.0. The highest BCUT2D eigenvalue weighted by Gasteiger charge is 2.21. The van der Waals surface area contributed by atoms with Crippen molar-refractivity contribution >= 4 is 21.6 Å². The molecule has 0 atom stereocenters. The SMILES string of the molecule is CN(c1ccccc1)S(=O)(=O)c1ccc(C(=O)NCCOc2cccc(F)c2)cc1. The van der Waals surface area contributed by atoms with Crippen LogP contribution in [0.2, 0.25) is 0 Å². The fourth-order valence-electron chi connectivity index (χ4n) is 2.71. The van der Waals surface area contributed by atoms with E-state index in [1.165, 1.54) is 53.8 Å². The first-order chi connectivity index (χ1) is 14.4. The van der Waals surface area contributed by atoms with Gasteiger partial charge in [-0.3, -0.25) is 9.10 Å². The number of halogens is 1. The highest BCUT2D eigenvalue weighted by atomic mass is 32.2. The van der Waals surface area contributed by atoms with Crippen LogP contribution in [0.4, 0.5) is 10.1 Å². The average molecular weight is 428 g/mol. The smallest absolute Gasteiger partial charge is 0.264 e. The second-order valence-electron chi connectivity index (χ2n) is 6.39. The van der Waals surface area contributed by atoms with Gasteiger partial charge in [0.05, 0.1) is 17.1 Å². The maximum Gasteiger partial charge on any atom is 0.264 e. The number of para-hydroxylation sites is 1. The first kappa shape index (κ1) is 21.3. The number of anilines is 1. The Hall–Kier alpha value is -3.39. The van der Waals surface area contributed by atoms with Crippen LogP contribution in [0, 0.1) is 5.82 Å². The average Bonchev–Trinajstić information content (AvgIpc) is 2.77. The molecule has 0 aromatic heterocycles. The van der Waals surface area contributed by atoms with E-state index in [9.17, 15) is 17.6 Å². The van der Waals surface area contributed by atoms with Gasteiger partial charge in [-0.25, -0.2) is 12.8 Å². The summed E-state index contributed by atoms with van der Waals surface area (Å²) in [4.78, 5) is 12.3. The zero-order valence-corrected chi connectivity index (χ0v) is 17.1. The molecule has 30 heavy (non-hydrogen) atoms. The van der Waals surface area contributed by atoms with Crippen LogP contribution < -0.4 is 14.4 Å². The van der Waals surface area contributed by atoms with Crippen molar-refractivity contribution in [1.82, 2.24) is 5.32 Å². The van der Waals surface area contributed by atoms with Gasteiger partial charge >= 0.3 is 0 Å². The lowest BCUT2D eigenvalue weighted by molar-refractivity contribution is 0.0947. The van der Waals surface area contributed by atoms with Crippen LogP contribution in [0.25, 0.3) is 0 Å². The number of benzene rings is 3. The first-order valence-electron chi connectivity index (χ1n) is 9.18. The largest absolute Gasteiger partial charge is 0.492 e. The minimum atomic E-state index is -3.74. The molecule has 3 aromatic carbocycles. The van der Waals surface area contributed by atoms with Crippen molar-refractivity contribution in [2.45, 2.75) is 4.90 Å². The number of nitrogens with one attached hydrogen (secondary N) is 1. The summed E-state index contributed by atoms with van der Waals surface area (Å²) in [6.45, 7) is 0.385. The third kappa shape index (κ3) is 5.15. The fourth-order valence-corrected chi connectivity index (χ4v) is 3.90. The molecule has 0 radical (unpaired) electrons. The van der Waals surface area contributed by atoms with Crippen LogP contribution in [0.3, 0.4) is 0 Å². The molecule has 8 heteroatoms. The number of carbonyl (C=O) groups is 1. The molecule has 0 bridgehead atoms. The molecule has 0 fully saturated rings. The summed E-state index contributed by atoms with van der Waals surface area (Å²) in [5, 5.41) is 2.67. The molecule has 3 aromatic rings. The molecule has 0 aliphatic rings. The summed E-state index contributed by atoms with van der Waals surface area (Å²) >= 11 is 0. The number of hydrogen-bond acceptors (Lipinski definition) is 4. The second-order valence-corrected chi connectivity index (χ2v) is 8.36. The van der Waals surface area contributed by atoms with Gasteiger partial charge in [-0.05, 0) is 48.5 Å². The summed E-state index contributed by atoms with van der Waals surface area (Å²) in [6.07, 6.45) is 0. The Morgan fingerprint density at radius 3 is 2.37 bits per heavy atom. The van der Waals surface area contributed by atoms with Gasteiger partial charge in [-0.15, -0.1) is 0 Å². The number of nitrogens with zero attached hydrogens (tertiary/aromatic N) is 1. The van der Waals surface area contributed by atoms with Gasteiger partial charge < -0.3 is 10.1 Å². The highest BCUT2D eigenvalue weighted by Crippen LogP contribution is 2.21. The maximum atomic E-state index is 13.1. The van der Waals surface area contributed by atoms with E-state index in [-0.39, 0.29) is 24.0 Å². The minimum absolute atomic E-state index is 0.0832. The lowest BCUT2D eigenvalue weighted by atomic mass is 10.2. The van der Waals surface area contributed by atoms with Crippen molar-refractivity contribution in [3.05, 3.63) is 90.2 Å². The van der Waals surface area contributed by atoms with Crippen LogP contribution >= 0.6 is 0 Å². The van der Waals surface area contributed by atoms with Crippen LogP contribution in [0.5, 0.6) is 5.75 Å². The van der Waals surface area contributed by atoms with E-state index in [4.69, 9.17) is 4.74 Å². The van der Waals surface area contributed by atoms with Gasteiger partial charge in [0.2, 0.25) is 0 Å². The summed E-state index contributed by atoms with van der Waals surface area (Å²) in [6, 6.07) is 20.1. The third-order valence-corrected chi connectivity index (χ3v) is 6.15. The van der Waals surface area contributed by atoms with Crippen LogP contribution in [0.1, 0.15) is 10.4 Å². The predicted molar refractivity (Wildman–Crippen MR) is 113 cm³/mol. The number of sulfonamides is 1. The monoisotopic (exact) mass is 428 g/mol. The molecule has 0 heterocycles. The summed E-state index contributed by atoms with van der Waals surface area (Å²) < 4.78 is 45.2. The van der Waals surface area contributed by atoms with E-state index in [1.54, 1.807) is 36.4 Å². The van der Waals surface area contributed by atoms with Gasteiger partial charge in [0.1, 0.15) is 18.2 Å². The zero-order chi connectivity index (χ0) is 21.6. The molecule has 3 rings (SSSR count). The Labute approximate surface area is 175 Å². The van der Waals surface area contributed by atoms with E-state index < -0.39 is 15.8 Å². The molecule has 0 saturated heterocycles. The molecule has 156 valence electrons. The standard InChI is InChI=1S/C22H21FN2O4S/c1-25(19-7-3-2-4-8-19)30(27,28)21-12-10-17(11-13-21)22(26)24-14-15-29-20-9-5-6-18(23)16-20/h2-13,16H,14-15H2,1H3,(H,24,26). The number of ether oxygens (including phenoxy) is 1. The minimum Gasteiger partial charge on any atom is -0.492 e. The van der Waals surface area contributed by atoms with Gasteiger partial charge in [0, 0.05) is 18.7 Å². The molecule has 0 aliphatic heterocycles. The third-order valence-electron chi connectivity index (χ3n) is 4.35. The number of carbonyl (C=O) groups excluding carboxylic acids is 1. The Morgan fingerprint density at radius 1 is 1.00 bits per heavy atom. The van der Waals surface area contributed by atoms with E-state index in [2.05, 4.69) is 5.32 Å². The quantitative estimate of drug-likeness (QED) is 0.558. The summed E-state index contributed by atoms with van der Waals surface area (Å²) in [7, 11) is -2.26. The van der Waals surface area contributed by atoms with Crippen molar-refractivity contribution in [3.8, 4) is 5.75 Å². The van der Waals surface area contributed by atoms with Crippen molar-refractivity contribution < 1.29 is 22.3 Å². The first-order valence-corrected chi connectivity index (χ1v) is 10.6. The molecule has 0 saturated carbocycles. The molecular formula is C22H21FN2O4S. The van der Waals surface area contributed by atoms with Crippen molar-refractivity contribution in [2.75, 3.05) is 24.5 Å². The predicted octanol–water partition coefficient (Wildman–Crippen LogP) is 3.46. The highest BCUT2D eigenvalue weighted by molar-refractivity contribution is 7.92. The lowest BCUT2D eigenvalue weighted by Crippen LogP contribution is -2.28. The molecule has 0 spiro atoms. The molecule has 0 unspecified atom stereocenters. The lowest BCUT2D eigenvalue weighted by Gasteiger charge is -2.19. The Bertz CT molecular complexity index is 1100. The topological polar surface area (TPSA) is 75.7 Å². The molecule has 0 aliphatic carbocycles.